The van der Waals surface area contributed by atoms with Gasteiger partial charge in [-0.05, 0) is 43.1 Å². The second-order valence-electron chi connectivity index (χ2n) is 4.27. The highest BCUT2D eigenvalue weighted by molar-refractivity contribution is 5.13. The van der Waals surface area contributed by atoms with Crippen LogP contribution in [-0.2, 0) is 19.9 Å². The van der Waals surface area contributed by atoms with Crippen molar-refractivity contribution in [3.05, 3.63) is 48.0 Å². The molecule has 2 rings (SSSR count). The van der Waals surface area contributed by atoms with Crippen molar-refractivity contribution >= 4 is 0 Å². The molecule has 0 spiro atoms. The summed E-state index contributed by atoms with van der Waals surface area (Å²) < 4.78 is 1.84. The second kappa shape index (κ2) is 5.59. The average Bonchev–Trinajstić information content (AvgIpc) is 2.75. The van der Waals surface area contributed by atoms with Crippen LogP contribution in [0.15, 0.2) is 36.9 Å². The Morgan fingerprint density at radius 3 is 2.53 bits per heavy atom. The fourth-order valence-electron chi connectivity index (χ4n) is 1.94. The van der Waals surface area contributed by atoms with Gasteiger partial charge in [-0.15, -0.1) is 0 Å². The van der Waals surface area contributed by atoms with Crippen molar-refractivity contribution in [2.45, 2.75) is 18.9 Å². The summed E-state index contributed by atoms with van der Waals surface area (Å²) in [6.45, 7) is 0. The highest BCUT2D eigenvalue weighted by atomic mass is 15.2. The summed E-state index contributed by atoms with van der Waals surface area (Å²) in [4.78, 5) is 4.03. The standard InChI is InChI=1S/C13H18N4/c1-14-13(7-11-3-5-15-6-4-11)8-12-9-16-17(2)10-12/h3-6,9-10,13-14H,7-8H2,1-2H3. The van der Waals surface area contributed by atoms with Gasteiger partial charge in [-0.1, -0.05) is 0 Å². The summed E-state index contributed by atoms with van der Waals surface area (Å²) in [5.74, 6) is 0. The molecule has 0 aromatic carbocycles. The molecule has 0 aliphatic heterocycles. The lowest BCUT2D eigenvalue weighted by atomic mass is 10.0. The molecule has 2 aromatic heterocycles. The molecule has 2 aromatic rings. The Hall–Kier alpha value is -1.68. The SMILES string of the molecule is CNC(Cc1ccncc1)Cc1cnn(C)c1. The number of hydrogen-bond donors (Lipinski definition) is 1. The predicted octanol–water partition coefficient (Wildman–Crippen LogP) is 1.19. The van der Waals surface area contributed by atoms with Crippen molar-refractivity contribution < 1.29 is 0 Å². The van der Waals surface area contributed by atoms with E-state index in [1.54, 1.807) is 0 Å². The van der Waals surface area contributed by atoms with Gasteiger partial charge in [0.15, 0.2) is 0 Å². The Morgan fingerprint density at radius 1 is 1.24 bits per heavy atom. The van der Waals surface area contributed by atoms with E-state index in [0.29, 0.717) is 6.04 Å². The largest absolute Gasteiger partial charge is 0.316 e. The van der Waals surface area contributed by atoms with E-state index in [2.05, 4.69) is 33.7 Å². The first kappa shape index (κ1) is 11.8. The summed E-state index contributed by atoms with van der Waals surface area (Å²) >= 11 is 0. The van der Waals surface area contributed by atoms with Gasteiger partial charge in [0.1, 0.15) is 0 Å². The topological polar surface area (TPSA) is 42.7 Å². The molecule has 4 nitrogen and oxygen atoms in total. The molecule has 0 saturated heterocycles. The maximum absolute atomic E-state index is 4.19. The smallest absolute Gasteiger partial charge is 0.0522 e. The monoisotopic (exact) mass is 230 g/mol. The average molecular weight is 230 g/mol. The molecule has 90 valence electrons. The van der Waals surface area contributed by atoms with Crippen LogP contribution in [0, 0.1) is 0 Å². The summed E-state index contributed by atoms with van der Waals surface area (Å²) in [6, 6.07) is 4.56. The number of aromatic nitrogens is 3. The van der Waals surface area contributed by atoms with Crippen molar-refractivity contribution in [3.8, 4) is 0 Å². The fraction of sp³-hybridized carbons (Fsp3) is 0.385. The first-order valence-electron chi connectivity index (χ1n) is 5.81. The lowest BCUT2D eigenvalue weighted by molar-refractivity contribution is 0.556. The molecule has 0 aliphatic carbocycles. The van der Waals surface area contributed by atoms with Crippen molar-refractivity contribution in [2.24, 2.45) is 7.05 Å². The molecule has 1 N–H and O–H groups in total. The first-order valence-corrected chi connectivity index (χ1v) is 5.81. The molecule has 0 aliphatic rings. The van der Waals surface area contributed by atoms with Gasteiger partial charge in [-0.3, -0.25) is 9.67 Å². The van der Waals surface area contributed by atoms with Gasteiger partial charge < -0.3 is 5.32 Å². The Bertz CT molecular complexity index is 449. The Morgan fingerprint density at radius 2 is 1.94 bits per heavy atom. The van der Waals surface area contributed by atoms with E-state index in [4.69, 9.17) is 0 Å². The van der Waals surface area contributed by atoms with E-state index < -0.39 is 0 Å². The van der Waals surface area contributed by atoms with Crippen LogP contribution in [0.1, 0.15) is 11.1 Å². The van der Waals surface area contributed by atoms with Gasteiger partial charge in [0.2, 0.25) is 0 Å². The van der Waals surface area contributed by atoms with Crippen molar-refractivity contribution in [3.63, 3.8) is 0 Å². The third-order valence-corrected chi connectivity index (χ3v) is 2.88. The molecule has 1 atom stereocenters. The summed E-state index contributed by atoms with van der Waals surface area (Å²) in [5, 5.41) is 7.54. The molecule has 0 amide bonds. The number of hydrogen-bond acceptors (Lipinski definition) is 3. The van der Waals surface area contributed by atoms with Crippen LogP contribution in [0.25, 0.3) is 0 Å². The van der Waals surface area contributed by atoms with E-state index in [0.717, 1.165) is 12.8 Å². The van der Waals surface area contributed by atoms with Crippen LogP contribution in [0.3, 0.4) is 0 Å². The van der Waals surface area contributed by atoms with Crippen LogP contribution < -0.4 is 5.32 Å². The van der Waals surface area contributed by atoms with E-state index in [9.17, 15) is 0 Å². The third kappa shape index (κ3) is 3.39. The zero-order valence-electron chi connectivity index (χ0n) is 10.3. The minimum absolute atomic E-state index is 0.432. The minimum Gasteiger partial charge on any atom is -0.316 e. The molecule has 4 heteroatoms. The molecule has 0 radical (unpaired) electrons. The number of rotatable bonds is 5. The van der Waals surface area contributed by atoms with Crippen LogP contribution in [0.5, 0.6) is 0 Å². The van der Waals surface area contributed by atoms with Crippen molar-refractivity contribution in [1.29, 1.82) is 0 Å². The van der Waals surface area contributed by atoms with E-state index in [1.165, 1.54) is 11.1 Å². The molecular weight excluding hydrogens is 212 g/mol. The van der Waals surface area contributed by atoms with E-state index in [-0.39, 0.29) is 0 Å². The summed E-state index contributed by atoms with van der Waals surface area (Å²) in [7, 11) is 3.95. The number of aryl methyl sites for hydroxylation is 1. The number of nitrogens with one attached hydrogen (secondary N) is 1. The highest BCUT2D eigenvalue weighted by Crippen LogP contribution is 2.07. The van der Waals surface area contributed by atoms with Gasteiger partial charge in [0.05, 0.1) is 6.20 Å². The van der Waals surface area contributed by atoms with Crippen LogP contribution in [0.2, 0.25) is 0 Å². The molecule has 0 saturated carbocycles. The second-order valence-corrected chi connectivity index (χ2v) is 4.27. The Balaban J connectivity index is 1.98. The third-order valence-electron chi connectivity index (χ3n) is 2.88. The quantitative estimate of drug-likeness (QED) is 0.839. The van der Waals surface area contributed by atoms with Gasteiger partial charge in [0, 0.05) is 31.7 Å². The van der Waals surface area contributed by atoms with Crippen LogP contribution >= 0.6 is 0 Å². The van der Waals surface area contributed by atoms with E-state index in [1.807, 2.05) is 37.4 Å². The summed E-state index contributed by atoms with van der Waals surface area (Å²) in [6.07, 6.45) is 9.67. The van der Waals surface area contributed by atoms with Gasteiger partial charge in [-0.2, -0.15) is 5.10 Å². The molecule has 0 bridgehead atoms. The molecule has 1 unspecified atom stereocenters. The zero-order chi connectivity index (χ0) is 12.1. The number of likely N-dealkylation sites (N-methyl/N-ethyl adjacent to an activating group) is 1. The minimum atomic E-state index is 0.432. The molecule has 0 fully saturated rings. The van der Waals surface area contributed by atoms with Crippen LogP contribution in [0.4, 0.5) is 0 Å². The van der Waals surface area contributed by atoms with Gasteiger partial charge in [-0.25, -0.2) is 0 Å². The van der Waals surface area contributed by atoms with Crippen LogP contribution in [-0.4, -0.2) is 27.9 Å². The number of pyridine rings is 1. The predicted molar refractivity (Wildman–Crippen MR) is 67.7 cm³/mol. The van der Waals surface area contributed by atoms with Crippen molar-refractivity contribution in [1.82, 2.24) is 20.1 Å². The number of nitrogens with zero attached hydrogens (tertiary/aromatic N) is 3. The summed E-state index contributed by atoms with van der Waals surface area (Å²) in [5.41, 5.74) is 2.57. The fourth-order valence-corrected chi connectivity index (χ4v) is 1.94. The van der Waals surface area contributed by atoms with Crippen molar-refractivity contribution in [2.75, 3.05) is 7.05 Å². The Labute approximate surface area is 102 Å². The first-order chi connectivity index (χ1) is 8.28. The van der Waals surface area contributed by atoms with Gasteiger partial charge >= 0.3 is 0 Å². The van der Waals surface area contributed by atoms with Gasteiger partial charge in [0.25, 0.3) is 0 Å². The lowest BCUT2D eigenvalue weighted by Crippen LogP contribution is -2.29. The molecular formula is C13H18N4. The molecule has 17 heavy (non-hydrogen) atoms. The Kier molecular flexibility index (Phi) is 3.88. The normalized spacial score (nSPS) is 12.6. The van der Waals surface area contributed by atoms with E-state index >= 15 is 0 Å². The zero-order valence-corrected chi connectivity index (χ0v) is 10.3. The molecule has 2 heterocycles. The maximum Gasteiger partial charge on any atom is 0.0522 e. The highest BCUT2D eigenvalue weighted by Gasteiger charge is 2.09. The lowest BCUT2D eigenvalue weighted by Gasteiger charge is -2.15. The maximum atomic E-state index is 4.19.